The molecule has 1 amide bonds. The predicted octanol–water partition coefficient (Wildman–Crippen LogP) is 0.256. The molecule has 1 aromatic heterocycles. The highest BCUT2D eigenvalue weighted by Gasteiger charge is 2.28. The minimum atomic E-state index is -2.92. The van der Waals surface area contributed by atoms with Crippen LogP contribution in [0.25, 0.3) is 0 Å². The maximum Gasteiger partial charge on any atom is 0.262 e. The minimum Gasteiger partial charge on any atom is -0.384 e. The van der Waals surface area contributed by atoms with Gasteiger partial charge in [-0.15, -0.1) is 11.3 Å². The monoisotopic (exact) mass is 313 g/mol. The van der Waals surface area contributed by atoms with Crippen molar-refractivity contribution in [1.82, 2.24) is 5.32 Å². The van der Waals surface area contributed by atoms with Crippen LogP contribution in [0.4, 0.5) is 0 Å². The standard InChI is InChI=1S/C13H15NO4S2/c15-5-1-2-11-3-6-19-12(11)13(16)14-8-10-4-7-20(17,18)9-10/h3,6,10,15H,4-5,7-9H2,(H,14,16). The van der Waals surface area contributed by atoms with Crippen LogP contribution in [0.3, 0.4) is 0 Å². The molecule has 2 heterocycles. The van der Waals surface area contributed by atoms with Gasteiger partial charge >= 0.3 is 0 Å². The van der Waals surface area contributed by atoms with E-state index in [1.54, 1.807) is 11.4 Å². The number of hydrogen-bond acceptors (Lipinski definition) is 5. The van der Waals surface area contributed by atoms with Crippen molar-refractivity contribution in [1.29, 1.82) is 0 Å². The summed E-state index contributed by atoms with van der Waals surface area (Å²) in [7, 11) is -2.92. The highest BCUT2D eigenvalue weighted by atomic mass is 32.2. The maximum absolute atomic E-state index is 12.0. The van der Waals surface area contributed by atoms with Crippen LogP contribution in [0.1, 0.15) is 21.7 Å². The van der Waals surface area contributed by atoms with E-state index in [1.165, 1.54) is 11.3 Å². The molecule has 5 nitrogen and oxygen atoms in total. The van der Waals surface area contributed by atoms with Gasteiger partial charge in [0.25, 0.3) is 5.91 Å². The summed E-state index contributed by atoms with van der Waals surface area (Å²) in [5.41, 5.74) is 0.584. The van der Waals surface area contributed by atoms with E-state index in [4.69, 9.17) is 5.11 Å². The number of aliphatic hydroxyl groups excluding tert-OH is 1. The van der Waals surface area contributed by atoms with Gasteiger partial charge in [-0.25, -0.2) is 8.42 Å². The van der Waals surface area contributed by atoms with Crippen LogP contribution >= 0.6 is 11.3 Å². The number of hydrogen-bond donors (Lipinski definition) is 2. The second-order valence-electron chi connectivity index (χ2n) is 4.60. The molecule has 1 aliphatic heterocycles. The van der Waals surface area contributed by atoms with Crippen LogP contribution in [0, 0.1) is 17.8 Å². The number of thiophene rings is 1. The molecular formula is C13H15NO4S2. The molecule has 0 bridgehead atoms. The number of sulfone groups is 1. The predicted molar refractivity (Wildman–Crippen MR) is 77.4 cm³/mol. The van der Waals surface area contributed by atoms with Crippen LogP contribution in [0.15, 0.2) is 11.4 Å². The molecule has 2 rings (SSSR count). The molecule has 0 saturated carbocycles. The van der Waals surface area contributed by atoms with Gasteiger partial charge in [0.05, 0.1) is 11.5 Å². The average molecular weight is 313 g/mol. The average Bonchev–Trinajstić information content (AvgIpc) is 2.99. The van der Waals surface area contributed by atoms with Crippen LogP contribution in [0.2, 0.25) is 0 Å². The second kappa shape index (κ2) is 6.39. The Hall–Kier alpha value is -1.36. The molecule has 2 N–H and O–H groups in total. The molecule has 1 aromatic rings. The van der Waals surface area contributed by atoms with Gasteiger partial charge in [-0.2, -0.15) is 0 Å². The number of aliphatic hydroxyl groups is 1. The topological polar surface area (TPSA) is 83.5 Å². The van der Waals surface area contributed by atoms with Gasteiger partial charge in [-0.1, -0.05) is 11.8 Å². The maximum atomic E-state index is 12.0. The van der Waals surface area contributed by atoms with E-state index in [9.17, 15) is 13.2 Å². The first-order valence-electron chi connectivity index (χ1n) is 6.17. The van der Waals surface area contributed by atoms with Crippen molar-refractivity contribution in [3.05, 3.63) is 21.9 Å². The van der Waals surface area contributed by atoms with Gasteiger partial charge in [0.1, 0.15) is 11.5 Å². The largest absolute Gasteiger partial charge is 0.384 e. The van der Waals surface area contributed by atoms with E-state index in [1.807, 2.05) is 0 Å². The van der Waals surface area contributed by atoms with Crippen molar-refractivity contribution in [2.45, 2.75) is 6.42 Å². The molecule has 0 aliphatic carbocycles. The first-order chi connectivity index (χ1) is 9.52. The number of carbonyl (C=O) groups excluding carboxylic acids is 1. The molecule has 7 heteroatoms. The lowest BCUT2D eigenvalue weighted by molar-refractivity contribution is 0.0952. The van der Waals surface area contributed by atoms with Gasteiger partial charge in [0.2, 0.25) is 0 Å². The summed E-state index contributed by atoms with van der Waals surface area (Å²) >= 11 is 1.28. The lowest BCUT2D eigenvalue weighted by Crippen LogP contribution is -2.29. The molecule has 108 valence electrons. The highest BCUT2D eigenvalue weighted by molar-refractivity contribution is 7.91. The van der Waals surface area contributed by atoms with E-state index < -0.39 is 9.84 Å². The fourth-order valence-corrected chi connectivity index (χ4v) is 4.70. The minimum absolute atomic E-state index is 0.00381. The van der Waals surface area contributed by atoms with E-state index in [-0.39, 0.29) is 29.9 Å². The molecule has 20 heavy (non-hydrogen) atoms. The molecule has 1 atom stereocenters. The second-order valence-corrected chi connectivity index (χ2v) is 7.75. The molecule has 1 aliphatic rings. The lowest BCUT2D eigenvalue weighted by Gasteiger charge is -2.08. The molecule has 1 saturated heterocycles. The Labute approximate surface area is 121 Å². The Morgan fingerprint density at radius 1 is 1.55 bits per heavy atom. The first-order valence-corrected chi connectivity index (χ1v) is 8.88. The van der Waals surface area contributed by atoms with E-state index in [2.05, 4.69) is 17.2 Å². The summed E-state index contributed by atoms with van der Waals surface area (Å²) in [5, 5.41) is 13.2. The summed E-state index contributed by atoms with van der Waals surface area (Å²) < 4.78 is 22.7. The summed E-state index contributed by atoms with van der Waals surface area (Å²) in [4.78, 5) is 12.5. The van der Waals surface area contributed by atoms with Crippen molar-refractivity contribution in [2.75, 3.05) is 24.7 Å². The third-order valence-corrected chi connectivity index (χ3v) is 5.80. The van der Waals surface area contributed by atoms with E-state index >= 15 is 0 Å². The summed E-state index contributed by atoms with van der Waals surface area (Å²) in [6, 6.07) is 1.72. The van der Waals surface area contributed by atoms with Gasteiger partial charge in [0, 0.05) is 12.1 Å². The first kappa shape index (κ1) is 15.0. The Balaban J connectivity index is 1.94. The number of carbonyl (C=O) groups is 1. The van der Waals surface area contributed by atoms with Crippen LogP contribution < -0.4 is 5.32 Å². The molecule has 1 unspecified atom stereocenters. The van der Waals surface area contributed by atoms with Gasteiger partial charge < -0.3 is 10.4 Å². The Kier molecular flexibility index (Phi) is 4.81. The third-order valence-electron chi connectivity index (χ3n) is 3.05. The van der Waals surface area contributed by atoms with Crippen LogP contribution in [-0.4, -0.2) is 44.1 Å². The normalized spacial score (nSPS) is 20.1. The number of amides is 1. The van der Waals surface area contributed by atoms with Gasteiger partial charge in [-0.05, 0) is 23.8 Å². The van der Waals surface area contributed by atoms with Crippen molar-refractivity contribution in [3.8, 4) is 11.8 Å². The van der Waals surface area contributed by atoms with Crippen molar-refractivity contribution in [3.63, 3.8) is 0 Å². The zero-order valence-corrected chi connectivity index (χ0v) is 12.4. The quantitative estimate of drug-likeness (QED) is 0.784. The van der Waals surface area contributed by atoms with Crippen LogP contribution in [0.5, 0.6) is 0 Å². The number of nitrogens with one attached hydrogen (secondary N) is 1. The van der Waals surface area contributed by atoms with Gasteiger partial charge in [0.15, 0.2) is 9.84 Å². The van der Waals surface area contributed by atoms with Gasteiger partial charge in [-0.3, -0.25) is 4.79 Å². The fourth-order valence-electron chi connectivity index (χ4n) is 2.07. The molecule has 0 spiro atoms. The van der Waals surface area contributed by atoms with Crippen molar-refractivity contribution < 1.29 is 18.3 Å². The van der Waals surface area contributed by atoms with E-state index in [0.717, 1.165) is 0 Å². The Bertz CT molecular complexity index is 651. The fraction of sp³-hybridized carbons (Fsp3) is 0.462. The highest BCUT2D eigenvalue weighted by Crippen LogP contribution is 2.19. The van der Waals surface area contributed by atoms with Crippen molar-refractivity contribution >= 4 is 27.1 Å². The zero-order valence-electron chi connectivity index (χ0n) is 10.8. The molecule has 0 radical (unpaired) electrons. The summed E-state index contributed by atoms with van der Waals surface area (Å²) in [5.74, 6) is 5.33. The lowest BCUT2D eigenvalue weighted by atomic mass is 10.1. The SMILES string of the molecule is O=C(NCC1CCS(=O)(=O)C1)c1sccc1C#CCO. The Morgan fingerprint density at radius 3 is 3.00 bits per heavy atom. The molecule has 1 fully saturated rings. The summed E-state index contributed by atoms with van der Waals surface area (Å²) in [6.45, 7) is 0.111. The smallest absolute Gasteiger partial charge is 0.262 e. The molecular weight excluding hydrogens is 298 g/mol. The summed E-state index contributed by atoms with van der Waals surface area (Å²) in [6.07, 6.45) is 0.601. The van der Waals surface area contributed by atoms with E-state index in [0.29, 0.717) is 23.4 Å². The molecule has 0 aromatic carbocycles. The zero-order chi connectivity index (χ0) is 14.6. The van der Waals surface area contributed by atoms with Crippen molar-refractivity contribution in [2.24, 2.45) is 5.92 Å². The number of rotatable bonds is 3. The third kappa shape index (κ3) is 3.82. The van der Waals surface area contributed by atoms with Crippen LogP contribution in [-0.2, 0) is 9.84 Å². The Morgan fingerprint density at radius 2 is 2.35 bits per heavy atom.